The first-order valence-electron chi connectivity index (χ1n) is 6.46. The molecule has 0 radical (unpaired) electrons. The molecular formula is C13H15F2NO4S. The predicted octanol–water partition coefficient (Wildman–Crippen LogP) is 2.74. The maximum Gasteiger partial charge on any atom is 0.387 e. The third-order valence-electron chi connectivity index (χ3n) is 3.28. The normalized spacial score (nSPS) is 18.3. The molecule has 0 spiro atoms. The summed E-state index contributed by atoms with van der Waals surface area (Å²) in [5.74, 6) is -1.56. The molecule has 1 amide bonds. The van der Waals surface area contributed by atoms with Crippen LogP contribution in [-0.2, 0) is 4.79 Å². The monoisotopic (exact) mass is 319 g/mol. The lowest BCUT2D eigenvalue weighted by atomic mass is 10.1. The third-order valence-corrected chi connectivity index (χ3v) is 4.30. The average Bonchev–Trinajstić information content (AvgIpc) is 2.94. The number of rotatable bonds is 5. The van der Waals surface area contributed by atoms with E-state index in [-0.39, 0.29) is 17.0 Å². The van der Waals surface area contributed by atoms with Gasteiger partial charge in [-0.3, -0.25) is 9.59 Å². The first kappa shape index (κ1) is 15.7. The minimum atomic E-state index is -3.00. The van der Waals surface area contributed by atoms with E-state index >= 15 is 0 Å². The number of thiophene rings is 1. The number of nitrogens with zero attached hydrogens (tertiary/aromatic N) is 1. The highest BCUT2D eigenvalue weighted by Crippen LogP contribution is 2.33. The highest BCUT2D eigenvalue weighted by atomic mass is 32.1. The number of likely N-dealkylation sites (tertiary alicyclic amines) is 1. The summed E-state index contributed by atoms with van der Waals surface area (Å²) in [4.78, 5) is 25.5. The second kappa shape index (κ2) is 6.38. The zero-order valence-corrected chi connectivity index (χ0v) is 12.2. The average molecular weight is 319 g/mol. The van der Waals surface area contributed by atoms with Crippen molar-refractivity contribution in [2.75, 3.05) is 6.54 Å². The number of carbonyl (C=O) groups excluding carboxylic acids is 1. The Morgan fingerprint density at radius 3 is 2.90 bits per heavy atom. The Balaban J connectivity index is 2.21. The van der Waals surface area contributed by atoms with E-state index in [1.165, 1.54) is 11.0 Å². The molecule has 0 saturated carbocycles. The van der Waals surface area contributed by atoms with Gasteiger partial charge >= 0.3 is 12.6 Å². The Bertz CT molecular complexity index is 546. The standard InChI is InChI=1S/C13H15F2NO4S/c1-7-5-9(20-13(14)15)11(21-7)12(19)16-4-2-3-8(16)6-10(17)18/h5,8,13H,2-4,6H2,1H3,(H,17,18). The van der Waals surface area contributed by atoms with Gasteiger partial charge in [-0.05, 0) is 25.8 Å². The van der Waals surface area contributed by atoms with Crippen molar-refractivity contribution in [2.24, 2.45) is 0 Å². The first-order chi connectivity index (χ1) is 9.88. The summed E-state index contributed by atoms with van der Waals surface area (Å²) in [6.07, 6.45) is 1.17. The van der Waals surface area contributed by atoms with E-state index in [4.69, 9.17) is 5.11 Å². The maximum atomic E-state index is 12.5. The van der Waals surface area contributed by atoms with Crippen LogP contribution < -0.4 is 4.74 Å². The van der Waals surface area contributed by atoms with Gasteiger partial charge in [0.05, 0.1) is 6.42 Å². The summed E-state index contributed by atoms with van der Waals surface area (Å²) in [6, 6.07) is 1.00. The van der Waals surface area contributed by atoms with E-state index < -0.39 is 24.5 Å². The Kier molecular flexibility index (Phi) is 4.76. The largest absolute Gasteiger partial charge is 0.481 e. The molecule has 1 unspecified atom stereocenters. The number of aliphatic carboxylic acids is 1. The van der Waals surface area contributed by atoms with Crippen molar-refractivity contribution >= 4 is 23.2 Å². The van der Waals surface area contributed by atoms with Crippen molar-refractivity contribution in [1.29, 1.82) is 0 Å². The Hall–Kier alpha value is -1.70. The molecule has 1 aliphatic rings. The number of ether oxygens (including phenoxy) is 1. The van der Waals surface area contributed by atoms with Gasteiger partial charge in [0.25, 0.3) is 5.91 Å². The van der Waals surface area contributed by atoms with Crippen LogP contribution in [0.1, 0.15) is 33.8 Å². The summed E-state index contributed by atoms with van der Waals surface area (Å²) >= 11 is 1.08. The topological polar surface area (TPSA) is 66.8 Å². The van der Waals surface area contributed by atoms with Crippen molar-refractivity contribution < 1.29 is 28.2 Å². The second-order valence-electron chi connectivity index (χ2n) is 4.82. The van der Waals surface area contributed by atoms with Crippen molar-refractivity contribution in [3.8, 4) is 5.75 Å². The number of amides is 1. The number of aryl methyl sites for hydroxylation is 1. The van der Waals surface area contributed by atoms with Crippen LogP contribution in [0.25, 0.3) is 0 Å². The van der Waals surface area contributed by atoms with Gasteiger partial charge in [0, 0.05) is 17.5 Å². The van der Waals surface area contributed by atoms with Crippen LogP contribution in [0.2, 0.25) is 0 Å². The van der Waals surface area contributed by atoms with E-state index in [0.29, 0.717) is 24.3 Å². The van der Waals surface area contributed by atoms with Gasteiger partial charge < -0.3 is 14.7 Å². The van der Waals surface area contributed by atoms with E-state index in [2.05, 4.69) is 4.74 Å². The fourth-order valence-corrected chi connectivity index (χ4v) is 3.37. The fraction of sp³-hybridized carbons (Fsp3) is 0.538. The quantitative estimate of drug-likeness (QED) is 0.906. The minimum absolute atomic E-state index is 0.102. The second-order valence-corrected chi connectivity index (χ2v) is 6.08. The van der Waals surface area contributed by atoms with E-state index in [9.17, 15) is 18.4 Å². The van der Waals surface area contributed by atoms with Gasteiger partial charge in [0.15, 0.2) is 0 Å². The van der Waals surface area contributed by atoms with Gasteiger partial charge in [-0.25, -0.2) is 0 Å². The lowest BCUT2D eigenvalue weighted by Gasteiger charge is -2.23. The first-order valence-corrected chi connectivity index (χ1v) is 7.28. The van der Waals surface area contributed by atoms with Crippen molar-refractivity contribution in [3.63, 3.8) is 0 Å². The lowest BCUT2D eigenvalue weighted by Crippen LogP contribution is -2.36. The number of hydrogen-bond acceptors (Lipinski definition) is 4. The zero-order chi connectivity index (χ0) is 15.6. The summed E-state index contributed by atoms with van der Waals surface area (Å²) < 4.78 is 29.1. The van der Waals surface area contributed by atoms with Crippen molar-refractivity contribution in [3.05, 3.63) is 15.8 Å². The number of alkyl halides is 2. The smallest absolute Gasteiger partial charge is 0.387 e. The molecule has 1 N–H and O–H groups in total. The number of carbonyl (C=O) groups is 2. The molecular weight excluding hydrogens is 304 g/mol. The van der Waals surface area contributed by atoms with E-state index in [0.717, 1.165) is 11.3 Å². The maximum absolute atomic E-state index is 12.5. The molecule has 1 fully saturated rings. The molecule has 1 atom stereocenters. The van der Waals surface area contributed by atoms with Gasteiger partial charge in [0.2, 0.25) is 0 Å². The van der Waals surface area contributed by atoms with Gasteiger partial charge in [0.1, 0.15) is 10.6 Å². The minimum Gasteiger partial charge on any atom is -0.481 e. The SMILES string of the molecule is Cc1cc(OC(F)F)c(C(=O)N2CCCC2CC(=O)O)s1. The van der Waals surface area contributed by atoms with E-state index in [1.807, 2.05) is 0 Å². The number of carboxylic acid groups (broad SMARTS) is 1. The molecule has 116 valence electrons. The number of carboxylic acids is 1. The summed E-state index contributed by atoms with van der Waals surface area (Å²) in [7, 11) is 0. The molecule has 1 aromatic heterocycles. The summed E-state index contributed by atoms with van der Waals surface area (Å²) in [5.41, 5.74) is 0. The molecule has 8 heteroatoms. The predicted molar refractivity (Wildman–Crippen MR) is 72.0 cm³/mol. The molecule has 21 heavy (non-hydrogen) atoms. The summed E-state index contributed by atoms with van der Waals surface area (Å²) in [5, 5.41) is 8.86. The van der Waals surface area contributed by atoms with Crippen LogP contribution in [0.5, 0.6) is 5.75 Å². The van der Waals surface area contributed by atoms with Crippen LogP contribution >= 0.6 is 11.3 Å². The molecule has 5 nitrogen and oxygen atoms in total. The molecule has 2 rings (SSSR count). The third kappa shape index (κ3) is 3.69. The molecule has 1 aliphatic heterocycles. The Labute approximate surface area is 124 Å². The van der Waals surface area contributed by atoms with Crippen LogP contribution in [0.4, 0.5) is 8.78 Å². The van der Waals surface area contributed by atoms with Crippen LogP contribution in [0, 0.1) is 6.92 Å². The fourth-order valence-electron chi connectivity index (χ4n) is 2.47. The Morgan fingerprint density at radius 1 is 1.57 bits per heavy atom. The van der Waals surface area contributed by atoms with Gasteiger partial charge in [-0.2, -0.15) is 8.78 Å². The van der Waals surface area contributed by atoms with Crippen LogP contribution in [0.3, 0.4) is 0 Å². The van der Waals surface area contributed by atoms with Gasteiger partial charge in [-0.15, -0.1) is 11.3 Å². The molecule has 1 aromatic rings. The summed E-state index contributed by atoms with van der Waals surface area (Å²) in [6.45, 7) is -0.876. The van der Waals surface area contributed by atoms with E-state index in [1.54, 1.807) is 6.92 Å². The molecule has 0 aromatic carbocycles. The van der Waals surface area contributed by atoms with Crippen molar-refractivity contribution in [1.82, 2.24) is 4.90 Å². The zero-order valence-electron chi connectivity index (χ0n) is 11.3. The van der Waals surface area contributed by atoms with Crippen LogP contribution in [-0.4, -0.2) is 41.1 Å². The highest BCUT2D eigenvalue weighted by molar-refractivity contribution is 7.14. The molecule has 1 saturated heterocycles. The Morgan fingerprint density at radius 2 is 2.29 bits per heavy atom. The van der Waals surface area contributed by atoms with Crippen LogP contribution in [0.15, 0.2) is 6.07 Å². The van der Waals surface area contributed by atoms with Gasteiger partial charge in [-0.1, -0.05) is 0 Å². The van der Waals surface area contributed by atoms with Crippen molar-refractivity contribution in [2.45, 2.75) is 38.8 Å². The highest BCUT2D eigenvalue weighted by Gasteiger charge is 2.33. The molecule has 0 bridgehead atoms. The number of halogens is 2. The molecule has 2 heterocycles. The lowest BCUT2D eigenvalue weighted by molar-refractivity contribution is -0.137. The number of hydrogen-bond donors (Lipinski definition) is 1. The molecule has 0 aliphatic carbocycles.